The predicted molar refractivity (Wildman–Crippen MR) is 75.2 cm³/mol. The smallest absolute Gasteiger partial charge is 0.213 e. The average molecular weight is 261 g/mol. The average Bonchev–Trinajstić information content (AvgIpc) is 3.25. The molecule has 2 fully saturated rings. The van der Waals surface area contributed by atoms with E-state index in [0.29, 0.717) is 11.9 Å². The Hall–Kier alpha value is -1.13. The van der Waals surface area contributed by atoms with Crippen LogP contribution in [0.5, 0.6) is 5.88 Å². The maximum Gasteiger partial charge on any atom is 0.213 e. The highest BCUT2D eigenvalue weighted by atomic mass is 16.5. The van der Waals surface area contributed by atoms with Crippen molar-refractivity contribution in [1.82, 2.24) is 15.2 Å². The molecule has 4 nitrogen and oxygen atoms in total. The summed E-state index contributed by atoms with van der Waals surface area (Å²) in [6.45, 7) is 4.41. The number of rotatable bonds is 4. The first-order valence-electron chi connectivity index (χ1n) is 7.31. The van der Waals surface area contributed by atoms with Crippen LogP contribution in [0.25, 0.3) is 0 Å². The van der Waals surface area contributed by atoms with E-state index < -0.39 is 0 Å². The van der Waals surface area contributed by atoms with Crippen LogP contribution >= 0.6 is 0 Å². The van der Waals surface area contributed by atoms with Crippen molar-refractivity contribution in [2.75, 3.05) is 26.7 Å². The molecule has 0 amide bonds. The quantitative estimate of drug-likeness (QED) is 0.894. The topological polar surface area (TPSA) is 37.4 Å². The number of ether oxygens (including phenoxy) is 1. The second-order valence-electron chi connectivity index (χ2n) is 5.66. The van der Waals surface area contributed by atoms with Crippen LogP contribution in [0.1, 0.15) is 25.0 Å². The number of nitrogens with zero attached hydrogens (tertiary/aromatic N) is 2. The molecule has 3 rings (SSSR count). The van der Waals surface area contributed by atoms with Gasteiger partial charge < -0.3 is 10.1 Å². The SMILES string of the molecule is COc1cccc(CN2CCCNC(C3CC3)C2)n1. The molecule has 1 aliphatic heterocycles. The van der Waals surface area contributed by atoms with Gasteiger partial charge in [0.25, 0.3) is 0 Å². The van der Waals surface area contributed by atoms with Crippen molar-refractivity contribution in [1.29, 1.82) is 0 Å². The van der Waals surface area contributed by atoms with Crippen molar-refractivity contribution in [3.05, 3.63) is 23.9 Å². The highest BCUT2D eigenvalue weighted by Gasteiger charge is 2.33. The summed E-state index contributed by atoms with van der Waals surface area (Å²) < 4.78 is 5.20. The van der Waals surface area contributed by atoms with Crippen molar-refractivity contribution >= 4 is 0 Å². The Labute approximate surface area is 115 Å². The minimum Gasteiger partial charge on any atom is -0.481 e. The molecule has 19 heavy (non-hydrogen) atoms. The summed E-state index contributed by atoms with van der Waals surface area (Å²) in [5, 5.41) is 3.70. The molecule has 4 heteroatoms. The molecule has 0 radical (unpaired) electrons. The van der Waals surface area contributed by atoms with E-state index >= 15 is 0 Å². The van der Waals surface area contributed by atoms with E-state index in [4.69, 9.17) is 4.74 Å². The molecule has 1 aromatic rings. The number of hydrogen-bond donors (Lipinski definition) is 1. The molecule has 2 heterocycles. The molecule has 0 spiro atoms. The third kappa shape index (κ3) is 3.45. The lowest BCUT2D eigenvalue weighted by Gasteiger charge is -2.24. The molecular formula is C15H23N3O. The summed E-state index contributed by atoms with van der Waals surface area (Å²) in [5.41, 5.74) is 1.11. The number of aromatic nitrogens is 1. The Balaban J connectivity index is 1.63. The zero-order chi connectivity index (χ0) is 13.1. The highest BCUT2D eigenvalue weighted by molar-refractivity contribution is 5.15. The summed E-state index contributed by atoms with van der Waals surface area (Å²) in [6.07, 6.45) is 4.04. The van der Waals surface area contributed by atoms with Crippen LogP contribution in [-0.4, -0.2) is 42.7 Å². The van der Waals surface area contributed by atoms with Crippen LogP contribution in [0.3, 0.4) is 0 Å². The number of pyridine rings is 1. The van der Waals surface area contributed by atoms with Gasteiger partial charge in [-0.1, -0.05) is 6.07 Å². The van der Waals surface area contributed by atoms with Gasteiger partial charge in [-0.15, -0.1) is 0 Å². The molecule has 1 N–H and O–H groups in total. The van der Waals surface area contributed by atoms with Crippen molar-refractivity contribution in [3.8, 4) is 5.88 Å². The largest absolute Gasteiger partial charge is 0.481 e. The standard InChI is InChI=1S/C15H23N3O/c1-19-15-5-2-4-13(17-15)10-18-9-3-8-16-14(11-18)12-6-7-12/h2,4-5,12,14,16H,3,6-11H2,1H3. The Morgan fingerprint density at radius 2 is 2.32 bits per heavy atom. The first kappa shape index (κ1) is 12.9. The van der Waals surface area contributed by atoms with Crippen molar-refractivity contribution < 1.29 is 4.74 Å². The van der Waals surface area contributed by atoms with E-state index in [-0.39, 0.29) is 0 Å². The molecule has 104 valence electrons. The third-order valence-electron chi connectivity index (χ3n) is 4.08. The van der Waals surface area contributed by atoms with Crippen molar-refractivity contribution in [3.63, 3.8) is 0 Å². The van der Waals surface area contributed by atoms with E-state index in [0.717, 1.165) is 37.8 Å². The van der Waals surface area contributed by atoms with Gasteiger partial charge in [-0.25, -0.2) is 4.98 Å². The van der Waals surface area contributed by atoms with Gasteiger partial charge >= 0.3 is 0 Å². The van der Waals surface area contributed by atoms with E-state index in [9.17, 15) is 0 Å². The molecule has 1 atom stereocenters. The van der Waals surface area contributed by atoms with Crippen LogP contribution in [0.4, 0.5) is 0 Å². The molecule has 1 saturated heterocycles. The van der Waals surface area contributed by atoms with Crippen LogP contribution in [-0.2, 0) is 6.54 Å². The second kappa shape index (κ2) is 5.88. The van der Waals surface area contributed by atoms with Gasteiger partial charge in [0, 0.05) is 25.2 Å². The summed E-state index contributed by atoms with van der Waals surface area (Å²) in [5.74, 6) is 1.63. The van der Waals surface area contributed by atoms with Gasteiger partial charge in [-0.3, -0.25) is 4.90 Å². The monoisotopic (exact) mass is 261 g/mol. The lowest BCUT2D eigenvalue weighted by molar-refractivity contribution is 0.247. The number of nitrogens with one attached hydrogen (secondary N) is 1. The second-order valence-corrected chi connectivity index (χ2v) is 5.66. The Morgan fingerprint density at radius 3 is 3.11 bits per heavy atom. The van der Waals surface area contributed by atoms with Crippen molar-refractivity contribution in [2.45, 2.75) is 31.8 Å². The fraction of sp³-hybridized carbons (Fsp3) is 0.667. The van der Waals surface area contributed by atoms with E-state index in [2.05, 4.69) is 21.3 Å². The van der Waals surface area contributed by atoms with Gasteiger partial charge in [0.2, 0.25) is 5.88 Å². The zero-order valence-electron chi connectivity index (χ0n) is 11.6. The molecule has 0 aromatic carbocycles. The first-order chi connectivity index (χ1) is 9.35. The van der Waals surface area contributed by atoms with Gasteiger partial charge in [-0.2, -0.15) is 0 Å². The molecule has 2 aliphatic rings. The van der Waals surface area contributed by atoms with Crippen LogP contribution in [0.15, 0.2) is 18.2 Å². The van der Waals surface area contributed by atoms with Gasteiger partial charge in [0.05, 0.1) is 12.8 Å². The minimum absolute atomic E-state index is 0.688. The first-order valence-corrected chi connectivity index (χ1v) is 7.31. The maximum atomic E-state index is 5.20. The molecule has 0 bridgehead atoms. The third-order valence-corrected chi connectivity index (χ3v) is 4.08. The molecule has 1 saturated carbocycles. The summed E-state index contributed by atoms with van der Waals surface area (Å²) in [7, 11) is 1.67. The van der Waals surface area contributed by atoms with Gasteiger partial charge in [0.15, 0.2) is 0 Å². The van der Waals surface area contributed by atoms with E-state index in [1.807, 2.05) is 12.1 Å². The number of hydrogen-bond acceptors (Lipinski definition) is 4. The van der Waals surface area contributed by atoms with Crippen LogP contribution in [0, 0.1) is 5.92 Å². The Morgan fingerprint density at radius 1 is 1.42 bits per heavy atom. The van der Waals surface area contributed by atoms with Gasteiger partial charge in [-0.05, 0) is 44.3 Å². The highest BCUT2D eigenvalue weighted by Crippen LogP contribution is 2.33. The van der Waals surface area contributed by atoms with Crippen LogP contribution < -0.4 is 10.1 Å². The summed E-state index contributed by atoms with van der Waals surface area (Å²) in [6, 6.07) is 6.70. The summed E-state index contributed by atoms with van der Waals surface area (Å²) in [4.78, 5) is 7.05. The molecule has 1 aromatic heterocycles. The normalized spacial score (nSPS) is 25.0. The van der Waals surface area contributed by atoms with E-state index in [1.54, 1.807) is 7.11 Å². The van der Waals surface area contributed by atoms with E-state index in [1.165, 1.54) is 19.3 Å². The van der Waals surface area contributed by atoms with Crippen molar-refractivity contribution in [2.24, 2.45) is 5.92 Å². The zero-order valence-corrected chi connectivity index (χ0v) is 11.6. The number of methoxy groups -OCH3 is 1. The fourth-order valence-corrected chi connectivity index (χ4v) is 2.87. The van der Waals surface area contributed by atoms with Gasteiger partial charge in [0.1, 0.15) is 0 Å². The van der Waals surface area contributed by atoms with Crippen LogP contribution in [0.2, 0.25) is 0 Å². The fourth-order valence-electron chi connectivity index (χ4n) is 2.87. The molecular weight excluding hydrogens is 238 g/mol. The summed E-state index contributed by atoms with van der Waals surface area (Å²) >= 11 is 0. The molecule has 1 unspecified atom stereocenters. The maximum absolute atomic E-state index is 5.20. The Kier molecular flexibility index (Phi) is 3.99. The predicted octanol–water partition coefficient (Wildman–Crippen LogP) is 1.66. The minimum atomic E-state index is 0.688. The molecule has 1 aliphatic carbocycles. The lowest BCUT2D eigenvalue weighted by atomic mass is 10.2. The lowest BCUT2D eigenvalue weighted by Crippen LogP contribution is -2.39. The Bertz CT molecular complexity index is 420.